The predicted molar refractivity (Wildman–Crippen MR) is 106 cm³/mol. The van der Waals surface area contributed by atoms with Crippen molar-refractivity contribution in [3.63, 3.8) is 0 Å². The van der Waals surface area contributed by atoms with Gasteiger partial charge in [0.25, 0.3) is 5.91 Å². The van der Waals surface area contributed by atoms with E-state index in [1.54, 1.807) is 18.2 Å². The third-order valence-corrected chi connectivity index (χ3v) is 3.88. The summed E-state index contributed by atoms with van der Waals surface area (Å²) in [4.78, 5) is 23.1. The molecule has 0 spiro atoms. The molecule has 0 unspecified atom stereocenters. The number of thiocarbonyl (C=S) groups is 1. The van der Waals surface area contributed by atoms with Crippen molar-refractivity contribution < 1.29 is 24.2 Å². The molecule has 0 aromatic heterocycles. The second-order valence-electron chi connectivity index (χ2n) is 5.42. The van der Waals surface area contributed by atoms with Crippen LogP contribution >= 0.6 is 23.8 Å². The molecule has 3 N–H and O–H groups in total. The second kappa shape index (κ2) is 9.20. The molecule has 0 bridgehead atoms. The molecule has 0 heterocycles. The monoisotopic (exact) mass is 408 g/mol. The van der Waals surface area contributed by atoms with Crippen LogP contribution in [0.5, 0.6) is 11.5 Å². The number of aromatic carboxylic acids is 1. The zero-order valence-electron chi connectivity index (χ0n) is 14.5. The summed E-state index contributed by atoms with van der Waals surface area (Å²) in [6.07, 6.45) is 0. The van der Waals surface area contributed by atoms with Crippen molar-refractivity contribution in [2.24, 2.45) is 0 Å². The van der Waals surface area contributed by atoms with E-state index in [0.29, 0.717) is 22.2 Å². The van der Waals surface area contributed by atoms with Crippen LogP contribution in [0.25, 0.3) is 0 Å². The Kier molecular flexibility index (Phi) is 6.98. The van der Waals surface area contributed by atoms with Crippen LogP contribution in [0, 0.1) is 6.92 Å². The topological polar surface area (TPSA) is 96.9 Å². The molecule has 0 saturated heterocycles. The second-order valence-corrected chi connectivity index (χ2v) is 6.27. The first-order chi connectivity index (χ1) is 12.8. The number of benzene rings is 2. The fourth-order valence-corrected chi connectivity index (χ4v) is 2.62. The Morgan fingerprint density at radius 1 is 1.19 bits per heavy atom. The first-order valence-corrected chi connectivity index (χ1v) is 8.50. The van der Waals surface area contributed by atoms with E-state index in [-0.39, 0.29) is 17.3 Å². The van der Waals surface area contributed by atoms with Crippen molar-refractivity contribution >= 4 is 46.5 Å². The summed E-state index contributed by atoms with van der Waals surface area (Å²) in [6.45, 7) is 1.56. The molecule has 0 aliphatic carbocycles. The average Bonchev–Trinajstić information content (AvgIpc) is 2.60. The van der Waals surface area contributed by atoms with Crippen LogP contribution in [0.2, 0.25) is 5.02 Å². The van der Waals surface area contributed by atoms with E-state index in [9.17, 15) is 9.59 Å². The Morgan fingerprint density at radius 2 is 1.89 bits per heavy atom. The van der Waals surface area contributed by atoms with Crippen molar-refractivity contribution in [2.75, 3.05) is 19.0 Å². The molecule has 0 radical (unpaired) electrons. The van der Waals surface area contributed by atoms with Gasteiger partial charge in [-0.25, -0.2) is 4.79 Å². The van der Waals surface area contributed by atoms with Crippen LogP contribution in [-0.2, 0) is 4.79 Å². The molecule has 9 heteroatoms. The Hall–Kier alpha value is -2.84. The van der Waals surface area contributed by atoms with Gasteiger partial charge >= 0.3 is 5.97 Å². The summed E-state index contributed by atoms with van der Waals surface area (Å²) < 4.78 is 10.6. The average molecular weight is 409 g/mol. The van der Waals surface area contributed by atoms with Gasteiger partial charge in [-0.3, -0.25) is 10.1 Å². The number of carbonyl (C=O) groups is 2. The number of amides is 1. The van der Waals surface area contributed by atoms with Gasteiger partial charge in [0.2, 0.25) is 0 Å². The quantitative estimate of drug-likeness (QED) is 0.631. The zero-order valence-corrected chi connectivity index (χ0v) is 16.1. The van der Waals surface area contributed by atoms with Crippen LogP contribution < -0.4 is 20.1 Å². The standard InChI is InChI=1S/C18H17ClN2O5S/c1-10-7-12(19)4-6-14(10)26-9-16(22)21-18(27)20-13-8-11(17(23)24)3-5-15(13)25-2/h3-8H,9H2,1-2H3,(H,23,24)(H2,20,21,22,27). The lowest BCUT2D eigenvalue weighted by Crippen LogP contribution is -2.37. The molecule has 7 nitrogen and oxygen atoms in total. The fourth-order valence-electron chi connectivity index (χ4n) is 2.17. The van der Waals surface area contributed by atoms with Gasteiger partial charge in [-0.05, 0) is 61.1 Å². The van der Waals surface area contributed by atoms with Gasteiger partial charge in [-0.2, -0.15) is 0 Å². The molecular weight excluding hydrogens is 392 g/mol. The number of carboxylic acids is 1. The number of rotatable bonds is 6. The van der Waals surface area contributed by atoms with E-state index in [2.05, 4.69) is 10.6 Å². The van der Waals surface area contributed by atoms with Gasteiger partial charge < -0.3 is 19.9 Å². The number of hydrogen-bond donors (Lipinski definition) is 3. The molecule has 2 rings (SSSR count). The minimum atomic E-state index is -1.10. The van der Waals surface area contributed by atoms with Crippen LogP contribution in [0.1, 0.15) is 15.9 Å². The van der Waals surface area contributed by atoms with E-state index in [0.717, 1.165) is 5.56 Å². The van der Waals surface area contributed by atoms with Crippen LogP contribution in [0.15, 0.2) is 36.4 Å². The van der Waals surface area contributed by atoms with E-state index in [4.69, 9.17) is 38.4 Å². The summed E-state index contributed by atoms with van der Waals surface area (Å²) in [5.41, 5.74) is 1.16. The number of halogens is 1. The van der Waals surface area contributed by atoms with Crippen molar-refractivity contribution in [3.8, 4) is 11.5 Å². The van der Waals surface area contributed by atoms with Gasteiger partial charge in [-0.15, -0.1) is 0 Å². The van der Waals surface area contributed by atoms with Crippen molar-refractivity contribution in [3.05, 3.63) is 52.5 Å². The third kappa shape index (κ3) is 5.83. The third-order valence-electron chi connectivity index (χ3n) is 3.44. The molecule has 0 fully saturated rings. The minimum Gasteiger partial charge on any atom is -0.495 e. The zero-order chi connectivity index (χ0) is 20.0. The molecule has 0 saturated carbocycles. The highest BCUT2D eigenvalue weighted by molar-refractivity contribution is 7.80. The van der Waals surface area contributed by atoms with Crippen LogP contribution in [0.4, 0.5) is 5.69 Å². The van der Waals surface area contributed by atoms with Crippen molar-refractivity contribution in [1.29, 1.82) is 0 Å². The van der Waals surface area contributed by atoms with Gasteiger partial charge in [0.1, 0.15) is 11.5 Å². The molecule has 0 aliphatic rings. The maximum Gasteiger partial charge on any atom is 0.335 e. The van der Waals surface area contributed by atoms with Gasteiger partial charge in [0.05, 0.1) is 18.4 Å². The summed E-state index contributed by atoms with van der Waals surface area (Å²) in [5.74, 6) is -0.661. The molecule has 2 aromatic rings. The van der Waals surface area contributed by atoms with E-state index >= 15 is 0 Å². The lowest BCUT2D eigenvalue weighted by molar-refractivity contribution is -0.121. The number of methoxy groups -OCH3 is 1. The molecule has 2 aromatic carbocycles. The number of aryl methyl sites for hydroxylation is 1. The largest absolute Gasteiger partial charge is 0.495 e. The lowest BCUT2D eigenvalue weighted by atomic mass is 10.2. The molecular formula is C18H17ClN2O5S. The maximum absolute atomic E-state index is 12.0. The summed E-state index contributed by atoms with van der Waals surface area (Å²) in [5, 5.41) is 14.8. The van der Waals surface area contributed by atoms with Crippen LogP contribution in [-0.4, -0.2) is 35.8 Å². The molecule has 0 aliphatic heterocycles. The Labute approximate surface area is 166 Å². The lowest BCUT2D eigenvalue weighted by Gasteiger charge is -2.14. The fraction of sp³-hybridized carbons (Fsp3) is 0.167. The molecule has 0 atom stereocenters. The summed E-state index contributed by atoms with van der Waals surface area (Å²) >= 11 is 11.0. The number of nitrogens with one attached hydrogen (secondary N) is 2. The first kappa shape index (κ1) is 20.5. The minimum absolute atomic E-state index is 0.0164. The number of ether oxygens (including phenoxy) is 2. The number of hydrogen-bond acceptors (Lipinski definition) is 5. The summed E-state index contributed by atoms with van der Waals surface area (Å²) in [6, 6.07) is 9.30. The smallest absolute Gasteiger partial charge is 0.335 e. The predicted octanol–water partition coefficient (Wildman–Crippen LogP) is 3.25. The van der Waals surface area contributed by atoms with E-state index in [1.165, 1.54) is 25.3 Å². The molecule has 1 amide bonds. The van der Waals surface area contributed by atoms with E-state index in [1.807, 2.05) is 6.92 Å². The molecule has 142 valence electrons. The van der Waals surface area contributed by atoms with Crippen molar-refractivity contribution in [1.82, 2.24) is 5.32 Å². The van der Waals surface area contributed by atoms with Crippen molar-refractivity contribution in [2.45, 2.75) is 6.92 Å². The Morgan fingerprint density at radius 3 is 2.52 bits per heavy atom. The highest BCUT2D eigenvalue weighted by Gasteiger charge is 2.12. The Bertz CT molecular complexity index is 888. The first-order valence-electron chi connectivity index (χ1n) is 7.71. The number of anilines is 1. The van der Waals surface area contributed by atoms with Gasteiger partial charge in [-0.1, -0.05) is 11.6 Å². The van der Waals surface area contributed by atoms with Crippen LogP contribution in [0.3, 0.4) is 0 Å². The van der Waals surface area contributed by atoms with E-state index < -0.39 is 11.9 Å². The normalized spacial score (nSPS) is 10.0. The highest BCUT2D eigenvalue weighted by Crippen LogP contribution is 2.25. The SMILES string of the molecule is COc1ccc(C(=O)O)cc1NC(=S)NC(=O)COc1ccc(Cl)cc1C. The van der Waals surface area contributed by atoms with Gasteiger partial charge in [0, 0.05) is 5.02 Å². The highest BCUT2D eigenvalue weighted by atomic mass is 35.5. The van der Waals surface area contributed by atoms with Gasteiger partial charge in [0.15, 0.2) is 11.7 Å². The molecule has 27 heavy (non-hydrogen) atoms. The number of carboxylic acid groups (broad SMARTS) is 1. The Balaban J connectivity index is 1.96. The summed E-state index contributed by atoms with van der Waals surface area (Å²) in [7, 11) is 1.44. The number of carbonyl (C=O) groups excluding carboxylic acids is 1. The maximum atomic E-state index is 12.0.